The van der Waals surface area contributed by atoms with Crippen LogP contribution in [0, 0.1) is 0 Å². The maximum atomic E-state index is 12.2. The number of nitrogens with one attached hydrogen (secondary N) is 1. The van der Waals surface area contributed by atoms with Crippen molar-refractivity contribution in [1.29, 1.82) is 0 Å². The van der Waals surface area contributed by atoms with Crippen molar-refractivity contribution in [3.8, 4) is 0 Å². The first kappa shape index (κ1) is 16.7. The molecule has 0 aliphatic rings. The monoisotopic (exact) mass is 332 g/mol. The summed E-state index contributed by atoms with van der Waals surface area (Å²) in [7, 11) is -3.17. The summed E-state index contributed by atoms with van der Waals surface area (Å²) in [6.45, 7) is 0. The lowest BCUT2D eigenvalue weighted by molar-refractivity contribution is 0.0998. The summed E-state index contributed by atoms with van der Waals surface area (Å²) in [6, 6.07) is 12.6. The van der Waals surface area contributed by atoms with Crippen molar-refractivity contribution in [3.05, 3.63) is 65.2 Å². The largest absolute Gasteiger partial charge is 0.366 e. The van der Waals surface area contributed by atoms with Crippen LogP contribution < -0.4 is 11.1 Å². The van der Waals surface area contributed by atoms with E-state index in [2.05, 4.69) is 5.32 Å². The Bertz CT molecular complexity index is 843. The van der Waals surface area contributed by atoms with Crippen LogP contribution in [-0.4, -0.2) is 26.5 Å². The zero-order chi connectivity index (χ0) is 17.0. The lowest BCUT2D eigenvalue weighted by Gasteiger charge is -2.07. The molecule has 0 radical (unpaired) electrons. The van der Waals surface area contributed by atoms with E-state index in [0.29, 0.717) is 22.4 Å². The number of carbonyl (C=O) groups is 2. The Morgan fingerprint density at radius 2 is 1.70 bits per heavy atom. The molecule has 7 heteroatoms. The van der Waals surface area contributed by atoms with E-state index in [9.17, 15) is 18.0 Å². The highest BCUT2D eigenvalue weighted by molar-refractivity contribution is 7.89. The molecule has 3 N–H and O–H groups in total. The number of rotatable bonds is 5. The van der Waals surface area contributed by atoms with E-state index in [1.54, 1.807) is 30.3 Å². The number of hydrogen-bond acceptors (Lipinski definition) is 4. The van der Waals surface area contributed by atoms with E-state index >= 15 is 0 Å². The van der Waals surface area contributed by atoms with Crippen molar-refractivity contribution in [2.45, 2.75) is 5.75 Å². The summed E-state index contributed by atoms with van der Waals surface area (Å²) in [5.41, 5.74) is 6.90. The molecule has 0 aliphatic heterocycles. The van der Waals surface area contributed by atoms with Gasteiger partial charge in [-0.3, -0.25) is 9.59 Å². The average molecular weight is 332 g/mol. The van der Waals surface area contributed by atoms with Gasteiger partial charge in [0.15, 0.2) is 9.84 Å². The molecule has 0 spiro atoms. The molecule has 2 rings (SSSR count). The van der Waals surface area contributed by atoms with E-state index in [1.807, 2.05) is 0 Å². The minimum absolute atomic E-state index is 0.124. The zero-order valence-corrected chi connectivity index (χ0v) is 13.3. The molecule has 0 aliphatic carbocycles. The molecule has 120 valence electrons. The quantitative estimate of drug-likeness (QED) is 0.867. The van der Waals surface area contributed by atoms with Gasteiger partial charge in [0, 0.05) is 23.1 Å². The summed E-state index contributed by atoms with van der Waals surface area (Å²) in [4.78, 5) is 23.2. The zero-order valence-electron chi connectivity index (χ0n) is 12.4. The number of sulfone groups is 1. The van der Waals surface area contributed by atoms with Gasteiger partial charge >= 0.3 is 0 Å². The van der Waals surface area contributed by atoms with Crippen molar-refractivity contribution < 1.29 is 18.0 Å². The summed E-state index contributed by atoms with van der Waals surface area (Å²) in [5.74, 6) is -1.04. The summed E-state index contributed by atoms with van der Waals surface area (Å²) >= 11 is 0. The fourth-order valence-electron chi connectivity index (χ4n) is 2.03. The molecule has 0 aromatic heterocycles. The van der Waals surface area contributed by atoms with E-state index in [0.717, 1.165) is 6.26 Å². The van der Waals surface area contributed by atoms with E-state index in [-0.39, 0.29) is 11.7 Å². The standard InChI is InChI=1S/C16H16N2O4S/c1-23(21,22)10-11-3-2-4-13(9-11)16(20)18-14-7-5-12(6-8-14)15(17)19/h2-9H,10H2,1H3,(H2,17,19)(H,18,20). The molecule has 0 unspecified atom stereocenters. The predicted octanol–water partition coefficient (Wildman–Crippen LogP) is 1.58. The Kier molecular flexibility index (Phi) is 4.80. The van der Waals surface area contributed by atoms with Gasteiger partial charge in [-0.15, -0.1) is 0 Å². The molecule has 2 aromatic carbocycles. The normalized spacial score (nSPS) is 11.0. The second-order valence-electron chi connectivity index (χ2n) is 5.17. The third-order valence-corrected chi connectivity index (χ3v) is 3.90. The SMILES string of the molecule is CS(=O)(=O)Cc1cccc(C(=O)Nc2ccc(C(N)=O)cc2)c1. The number of carbonyl (C=O) groups excluding carboxylic acids is 2. The van der Waals surface area contributed by atoms with Gasteiger partial charge in [-0.1, -0.05) is 12.1 Å². The molecule has 0 atom stereocenters. The number of benzene rings is 2. The number of nitrogens with two attached hydrogens (primary N) is 1. The first-order valence-electron chi connectivity index (χ1n) is 6.72. The molecule has 0 saturated carbocycles. The number of anilines is 1. The Hall–Kier alpha value is -2.67. The fraction of sp³-hybridized carbons (Fsp3) is 0.125. The van der Waals surface area contributed by atoms with Crippen LogP contribution in [0.25, 0.3) is 0 Å². The molecule has 23 heavy (non-hydrogen) atoms. The third kappa shape index (κ3) is 4.93. The maximum Gasteiger partial charge on any atom is 0.255 e. The Labute approximate surface area is 134 Å². The van der Waals surface area contributed by atoms with Crippen molar-refractivity contribution in [2.75, 3.05) is 11.6 Å². The predicted molar refractivity (Wildman–Crippen MR) is 87.9 cm³/mol. The van der Waals surface area contributed by atoms with Crippen LogP contribution in [0.1, 0.15) is 26.3 Å². The third-order valence-electron chi connectivity index (χ3n) is 3.05. The van der Waals surface area contributed by atoms with E-state index in [1.165, 1.54) is 18.2 Å². The van der Waals surface area contributed by atoms with Gasteiger partial charge in [0.1, 0.15) is 0 Å². The maximum absolute atomic E-state index is 12.2. The van der Waals surface area contributed by atoms with Crippen LogP contribution in [0.5, 0.6) is 0 Å². The Balaban J connectivity index is 2.14. The van der Waals surface area contributed by atoms with Gasteiger partial charge in [-0.05, 0) is 42.0 Å². The molecule has 0 bridgehead atoms. The van der Waals surface area contributed by atoms with Crippen LogP contribution in [0.3, 0.4) is 0 Å². The first-order valence-corrected chi connectivity index (χ1v) is 8.78. The van der Waals surface area contributed by atoms with Crippen LogP contribution >= 0.6 is 0 Å². The Morgan fingerprint density at radius 1 is 1.04 bits per heavy atom. The van der Waals surface area contributed by atoms with Crippen molar-refractivity contribution in [2.24, 2.45) is 5.73 Å². The molecule has 2 aromatic rings. The van der Waals surface area contributed by atoms with Crippen molar-refractivity contribution >= 4 is 27.3 Å². The van der Waals surface area contributed by atoms with Crippen LogP contribution in [-0.2, 0) is 15.6 Å². The lowest BCUT2D eigenvalue weighted by Crippen LogP contribution is -2.14. The van der Waals surface area contributed by atoms with Crippen LogP contribution in [0.2, 0.25) is 0 Å². The molecular weight excluding hydrogens is 316 g/mol. The van der Waals surface area contributed by atoms with E-state index in [4.69, 9.17) is 5.73 Å². The van der Waals surface area contributed by atoms with Gasteiger partial charge in [-0.2, -0.15) is 0 Å². The van der Waals surface area contributed by atoms with Gasteiger partial charge in [-0.25, -0.2) is 8.42 Å². The fourth-order valence-corrected chi connectivity index (χ4v) is 2.81. The summed E-state index contributed by atoms with van der Waals surface area (Å²) < 4.78 is 22.6. The van der Waals surface area contributed by atoms with Crippen molar-refractivity contribution in [3.63, 3.8) is 0 Å². The highest BCUT2D eigenvalue weighted by Gasteiger charge is 2.10. The Morgan fingerprint density at radius 3 is 2.26 bits per heavy atom. The molecule has 2 amide bonds. The second-order valence-corrected chi connectivity index (χ2v) is 7.31. The molecule has 0 heterocycles. The van der Waals surface area contributed by atoms with Crippen molar-refractivity contribution in [1.82, 2.24) is 0 Å². The summed E-state index contributed by atoms with van der Waals surface area (Å²) in [6.07, 6.45) is 1.14. The van der Waals surface area contributed by atoms with Gasteiger partial charge in [0.05, 0.1) is 5.75 Å². The van der Waals surface area contributed by atoms with Gasteiger partial charge in [0.2, 0.25) is 5.91 Å². The number of primary amides is 1. The number of amides is 2. The van der Waals surface area contributed by atoms with Crippen LogP contribution in [0.4, 0.5) is 5.69 Å². The summed E-state index contributed by atoms with van der Waals surface area (Å²) in [5, 5.41) is 2.67. The highest BCUT2D eigenvalue weighted by atomic mass is 32.2. The average Bonchev–Trinajstić information content (AvgIpc) is 2.46. The lowest BCUT2D eigenvalue weighted by atomic mass is 10.1. The molecule has 0 fully saturated rings. The van der Waals surface area contributed by atoms with Gasteiger partial charge < -0.3 is 11.1 Å². The molecule has 6 nitrogen and oxygen atoms in total. The minimum Gasteiger partial charge on any atom is -0.366 e. The van der Waals surface area contributed by atoms with Gasteiger partial charge in [0.25, 0.3) is 5.91 Å². The second kappa shape index (κ2) is 6.62. The molecule has 0 saturated heterocycles. The first-order chi connectivity index (χ1) is 10.7. The minimum atomic E-state index is -3.17. The van der Waals surface area contributed by atoms with E-state index < -0.39 is 15.7 Å². The topological polar surface area (TPSA) is 106 Å². The highest BCUT2D eigenvalue weighted by Crippen LogP contribution is 2.13. The number of hydrogen-bond donors (Lipinski definition) is 2. The molecular formula is C16H16N2O4S. The smallest absolute Gasteiger partial charge is 0.255 e. The van der Waals surface area contributed by atoms with Crippen LogP contribution in [0.15, 0.2) is 48.5 Å².